The number of anilines is 1. The third-order valence-electron chi connectivity index (χ3n) is 3.16. The van der Waals surface area contributed by atoms with Crippen LogP contribution in [0, 0.1) is 5.82 Å². The summed E-state index contributed by atoms with van der Waals surface area (Å²) in [6, 6.07) is 4.73. The average Bonchev–Trinajstić information content (AvgIpc) is 2.35. The molecule has 0 amide bonds. The predicted molar refractivity (Wildman–Crippen MR) is 75.3 cm³/mol. The van der Waals surface area contributed by atoms with Gasteiger partial charge in [-0.25, -0.2) is 9.18 Å². The van der Waals surface area contributed by atoms with Gasteiger partial charge in [-0.05, 0) is 37.6 Å². The van der Waals surface area contributed by atoms with Crippen molar-refractivity contribution in [3.8, 4) is 0 Å². The molecule has 20 heavy (non-hydrogen) atoms. The number of aliphatic carboxylic acids is 1. The van der Waals surface area contributed by atoms with E-state index in [0.29, 0.717) is 30.9 Å². The zero-order valence-corrected chi connectivity index (χ0v) is 11.6. The summed E-state index contributed by atoms with van der Waals surface area (Å²) in [5, 5.41) is 8.56. The molecule has 2 rings (SSSR count). The molecule has 1 aliphatic heterocycles. The molecule has 1 N–H and O–H groups in total. The Morgan fingerprint density at radius 1 is 1.50 bits per heavy atom. The van der Waals surface area contributed by atoms with E-state index in [1.807, 2.05) is 18.7 Å². The standard InChI is InChI=1S/C15H18FNO3/c1-15(2)10-17(7-8-20-15)13-5-3-11(9-12(13)16)4-6-14(18)19/h3-6,9H,7-8,10H2,1-2H3,(H,18,19)/b6-4+. The smallest absolute Gasteiger partial charge is 0.328 e. The Hall–Kier alpha value is -1.88. The van der Waals surface area contributed by atoms with Crippen LogP contribution in [0.2, 0.25) is 0 Å². The monoisotopic (exact) mass is 279 g/mol. The van der Waals surface area contributed by atoms with Crippen LogP contribution < -0.4 is 4.90 Å². The first kappa shape index (κ1) is 14.5. The van der Waals surface area contributed by atoms with Crippen molar-refractivity contribution in [2.45, 2.75) is 19.4 Å². The molecule has 1 saturated heterocycles. The normalized spacial score (nSPS) is 18.4. The maximum Gasteiger partial charge on any atom is 0.328 e. The lowest BCUT2D eigenvalue weighted by molar-refractivity contribution is -0.131. The summed E-state index contributed by atoms with van der Waals surface area (Å²) in [6.45, 7) is 5.77. The van der Waals surface area contributed by atoms with Crippen molar-refractivity contribution < 1.29 is 19.0 Å². The lowest BCUT2D eigenvalue weighted by atomic mass is 10.1. The Morgan fingerprint density at radius 3 is 2.85 bits per heavy atom. The van der Waals surface area contributed by atoms with Gasteiger partial charge in [-0.1, -0.05) is 6.07 Å². The number of benzene rings is 1. The Kier molecular flexibility index (Phi) is 4.09. The summed E-state index contributed by atoms with van der Waals surface area (Å²) in [4.78, 5) is 12.4. The van der Waals surface area contributed by atoms with Crippen LogP contribution in [-0.2, 0) is 9.53 Å². The zero-order chi connectivity index (χ0) is 14.8. The molecule has 0 spiro atoms. The molecule has 0 radical (unpaired) electrons. The average molecular weight is 279 g/mol. The molecular formula is C15H18FNO3. The molecule has 1 fully saturated rings. The third kappa shape index (κ3) is 3.57. The van der Waals surface area contributed by atoms with Gasteiger partial charge in [0.05, 0.1) is 17.9 Å². The number of carbonyl (C=O) groups is 1. The van der Waals surface area contributed by atoms with Gasteiger partial charge >= 0.3 is 5.97 Å². The molecule has 0 aliphatic carbocycles. The van der Waals surface area contributed by atoms with Gasteiger partial charge in [0.25, 0.3) is 0 Å². The van der Waals surface area contributed by atoms with Crippen molar-refractivity contribution in [2.24, 2.45) is 0 Å². The maximum atomic E-state index is 14.1. The van der Waals surface area contributed by atoms with E-state index in [1.165, 1.54) is 12.1 Å². The highest BCUT2D eigenvalue weighted by Crippen LogP contribution is 2.26. The van der Waals surface area contributed by atoms with Gasteiger partial charge in [0.2, 0.25) is 0 Å². The van der Waals surface area contributed by atoms with Gasteiger partial charge in [-0.2, -0.15) is 0 Å². The summed E-state index contributed by atoms with van der Waals surface area (Å²) in [6.07, 6.45) is 2.37. The lowest BCUT2D eigenvalue weighted by Gasteiger charge is -2.39. The summed E-state index contributed by atoms with van der Waals surface area (Å²) < 4.78 is 19.8. The quantitative estimate of drug-likeness (QED) is 0.864. The summed E-state index contributed by atoms with van der Waals surface area (Å²) in [7, 11) is 0. The second kappa shape index (κ2) is 5.63. The highest BCUT2D eigenvalue weighted by Gasteiger charge is 2.28. The Bertz CT molecular complexity index is 540. The van der Waals surface area contributed by atoms with Gasteiger partial charge in [0.1, 0.15) is 5.82 Å². The Balaban J connectivity index is 2.19. The van der Waals surface area contributed by atoms with Crippen molar-refractivity contribution >= 4 is 17.7 Å². The van der Waals surface area contributed by atoms with Gasteiger partial charge in [0.15, 0.2) is 0 Å². The van der Waals surface area contributed by atoms with Gasteiger partial charge in [-0.15, -0.1) is 0 Å². The number of hydrogen-bond acceptors (Lipinski definition) is 3. The fourth-order valence-corrected chi connectivity index (χ4v) is 2.27. The first-order chi connectivity index (χ1) is 9.37. The van der Waals surface area contributed by atoms with E-state index in [9.17, 15) is 9.18 Å². The minimum Gasteiger partial charge on any atom is -0.478 e. The number of hydrogen-bond donors (Lipinski definition) is 1. The topological polar surface area (TPSA) is 49.8 Å². The highest BCUT2D eigenvalue weighted by molar-refractivity contribution is 5.85. The molecule has 4 nitrogen and oxygen atoms in total. The van der Waals surface area contributed by atoms with Gasteiger partial charge < -0.3 is 14.7 Å². The third-order valence-corrected chi connectivity index (χ3v) is 3.16. The van der Waals surface area contributed by atoms with Crippen LogP contribution in [0.5, 0.6) is 0 Å². The SMILES string of the molecule is CC1(C)CN(c2ccc(/C=C/C(=O)O)cc2F)CCO1. The minimum absolute atomic E-state index is 0.299. The maximum absolute atomic E-state index is 14.1. The number of morpholine rings is 1. The molecule has 108 valence electrons. The highest BCUT2D eigenvalue weighted by atomic mass is 19.1. The molecule has 1 aromatic carbocycles. The van der Waals surface area contributed by atoms with E-state index < -0.39 is 5.97 Å². The summed E-state index contributed by atoms with van der Waals surface area (Å²) in [5.74, 6) is -1.40. The fourth-order valence-electron chi connectivity index (χ4n) is 2.27. The summed E-state index contributed by atoms with van der Waals surface area (Å²) >= 11 is 0. The second-order valence-electron chi connectivity index (χ2n) is 5.41. The number of ether oxygens (including phenoxy) is 1. The lowest BCUT2D eigenvalue weighted by Crippen LogP contribution is -2.48. The van der Waals surface area contributed by atoms with Crippen LogP contribution in [0.15, 0.2) is 24.3 Å². The van der Waals surface area contributed by atoms with Crippen molar-refractivity contribution in [1.29, 1.82) is 0 Å². The Labute approximate surface area is 117 Å². The first-order valence-electron chi connectivity index (χ1n) is 6.47. The molecule has 1 aromatic rings. The number of carboxylic acid groups (broad SMARTS) is 1. The molecular weight excluding hydrogens is 261 g/mol. The van der Waals surface area contributed by atoms with Crippen LogP contribution in [0.3, 0.4) is 0 Å². The van der Waals surface area contributed by atoms with E-state index >= 15 is 0 Å². The largest absolute Gasteiger partial charge is 0.478 e. The molecule has 1 aliphatic rings. The van der Waals surface area contributed by atoms with Crippen LogP contribution in [0.1, 0.15) is 19.4 Å². The second-order valence-corrected chi connectivity index (χ2v) is 5.41. The molecule has 0 bridgehead atoms. The van der Waals surface area contributed by atoms with E-state index in [2.05, 4.69) is 0 Å². The van der Waals surface area contributed by atoms with E-state index in [-0.39, 0.29) is 11.4 Å². The van der Waals surface area contributed by atoms with Crippen molar-refractivity contribution in [2.75, 3.05) is 24.6 Å². The number of carboxylic acids is 1. The predicted octanol–water partition coefficient (Wildman–Crippen LogP) is 2.54. The van der Waals surface area contributed by atoms with Crippen molar-refractivity contribution in [3.63, 3.8) is 0 Å². The Morgan fingerprint density at radius 2 is 2.25 bits per heavy atom. The molecule has 5 heteroatoms. The van der Waals surface area contributed by atoms with Crippen LogP contribution in [0.25, 0.3) is 6.08 Å². The van der Waals surface area contributed by atoms with Crippen molar-refractivity contribution in [1.82, 2.24) is 0 Å². The summed E-state index contributed by atoms with van der Waals surface area (Å²) in [5.41, 5.74) is 0.752. The van der Waals surface area contributed by atoms with Gasteiger partial charge in [0, 0.05) is 19.2 Å². The molecule has 0 aromatic heterocycles. The van der Waals surface area contributed by atoms with E-state index in [0.717, 1.165) is 6.08 Å². The van der Waals surface area contributed by atoms with E-state index in [4.69, 9.17) is 9.84 Å². The number of rotatable bonds is 3. The molecule has 0 saturated carbocycles. The van der Waals surface area contributed by atoms with Crippen LogP contribution in [0.4, 0.5) is 10.1 Å². The van der Waals surface area contributed by atoms with Gasteiger partial charge in [-0.3, -0.25) is 0 Å². The zero-order valence-electron chi connectivity index (χ0n) is 11.6. The van der Waals surface area contributed by atoms with Crippen molar-refractivity contribution in [3.05, 3.63) is 35.7 Å². The van der Waals surface area contributed by atoms with Crippen LogP contribution in [-0.4, -0.2) is 36.4 Å². The molecule has 0 unspecified atom stereocenters. The van der Waals surface area contributed by atoms with E-state index in [1.54, 1.807) is 12.1 Å². The number of nitrogens with zero attached hydrogens (tertiary/aromatic N) is 1. The number of halogens is 1. The minimum atomic E-state index is -1.05. The molecule has 1 heterocycles. The fraction of sp³-hybridized carbons (Fsp3) is 0.400. The molecule has 0 atom stereocenters. The van der Waals surface area contributed by atoms with Crippen LogP contribution >= 0.6 is 0 Å². The first-order valence-corrected chi connectivity index (χ1v) is 6.47.